The number of amides is 2. The number of rotatable bonds is 6. The molecule has 0 radical (unpaired) electrons. The molecule has 0 saturated carbocycles. The quantitative estimate of drug-likeness (QED) is 0.791. The van der Waals surface area contributed by atoms with Gasteiger partial charge < -0.3 is 10.6 Å². The Balaban J connectivity index is 1.47. The molecular formula is C21H24ClN3O2. The van der Waals surface area contributed by atoms with E-state index in [-0.39, 0.29) is 18.2 Å². The fourth-order valence-electron chi connectivity index (χ4n) is 3.15. The highest BCUT2D eigenvalue weighted by molar-refractivity contribution is 6.30. The maximum Gasteiger partial charge on any atom is 0.238 e. The number of carbonyl (C=O) groups is 2. The molecule has 0 spiro atoms. The summed E-state index contributed by atoms with van der Waals surface area (Å²) in [6.07, 6.45) is 3.87. The number of halogens is 1. The molecule has 0 bridgehead atoms. The first-order valence-electron chi connectivity index (χ1n) is 9.25. The van der Waals surface area contributed by atoms with E-state index in [0.717, 1.165) is 37.2 Å². The maximum atomic E-state index is 12.1. The summed E-state index contributed by atoms with van der Waals surface area (Å²) < 4.78 is 0. The summed E-state index contributed by atoms with van der Waals surface area (Å²) in [5, 5.41) is 6.42. The van der Waals surface area contributed by atoms with Crippen molar-refractivity contribution in [2.45, 2.75) is 25.7 Å². The lowest BCUT2D eigenvalue weighted by Gasteiger charge is -2.25. The Hall–Kier alpha value is -2.37. The number of hydrogen-bond acceptors (Lipinski definition) is 3. The highest BCUT2D eigenvalue weighted by Crippen LogP contribution is 2.15. The van der Waals surface area contributed by atoms with Crippen LogP contribution < -0.4 is 10.6 Å². The number of benzene rings is 2. The van der Waals surface area contributed by atoms with Crippen LogP contribution in [0.1, 0.15) is 24.8 Å². The van der Waals surface area contributed by atoms with Crippen molar-refractivity contribution in [2.75, 3.05) is 30.3 Å². The normalized spacial score (nSPS) is 14.6. The number of carbonyl (C=O) groups excluding carboxylic acids is 2. The van der Waals surface area contributed by atoms with Crippen LogP contribution in [0.25, 0.3) is 0 Å². The van der Waals surface area contributed by atoms with Crippen LogP contribution in [0.15, 0.2) is 48.5 Å². The first kappa shape index (κ1) is 19.4. The van der Waals surface area contributed by atoms with Gasteiger partial charge >= 0.3 is 0 Å². The Kier molecular flexibility index (Phi) is 6.85. The summed E-state index contributed by atoms with van der Waals surface area (Å²) >= 11 is 5.85. The second kappa shape index (κ2) is 9.53. The van der Waals surface area contributed by atoms with Crippen LogP contribution in [0.5, 0.6) is 0 Å². The highest BCUT2D eigenvalue weighted by Gasteiger charge is 2.13. The molecule has 3 rings (SSSR count). The third-order valence-corrected chi connectivity index (χ3v) is 4.80. The molecule has 1 aliphatic heterocycles. The van der Waals surface area contributed by atoms with Gasteiger partial charge in [-0.15, -0.1) is 0 Å². The molecule has 2 N–H and O–H groups in total. The van der Waals surface area contributed by atoms with Crippen LogP contribution in [-0.2, 0) is 16.0 Å². The number of piperidine rings is 1. The third-order valence-electron chi connectivity index (χ3n) is 4.55. The van der Waals surface area contributed by atoms with Crippen LogP contribution in [0.3, 0.4) is 0 Å². The third kappa shape index (κ3) is 6.38. The zero-order valence-corrected chi connectivity index (χ0v) is 16.0. The Morgan fingerprint density at radius 3 is 1.96 bits per heavy atom. The maximum absolute atomic E-state index is 12.1. The molecule has 1 aliphatic rings. The summed E-state index contributed by atoms with van der Waals surface area (Å²) in [7, 11) is 0. The van der Waals surface area contributed by atoms with Crippen LogP contribution in [-0.4, -0.2) is 36.3 Å². The second-order valence-electron chi connectivity index (χ2n) is 6.81. The number of anilines is 2. The van der Waals surface area contributed by atoms with E-state index in [4.69, 9.17) is 11.6 Å². The van der Waals surface area contributed by atoms with E-state index in [0.29, 0.717) is 17.3 Å². The first-order valence-corrected chi connectivity index (χ1v) is 9.63. The fourth-order valence-corrected chi connectivity index (χ4v) is 3.28. The number of nitrogens with one attached hydrogen (secondary N) is 2. The van der Waals surface area contributed by atoms with Crippen molar-refractivity contribution in [2.24, 2.45) is 0 Å². The number of nitrogens with zero attached hydrogens (tertiary/aromatic N) is 1. The molecule has 5 nitrogen and oxygen atoms in total. The van der Waals surface area contributed by atoms with Gasteiger partial charge in [-0.05, 0) is 67.9 Å². The van der Waals surface area contributed by atoms with E-state index in [2.05, 4.69) is 15.5 Å². The van der Waals surface area contributed by atoms with Crippen LogP contribution >= 0.6 is 11.6 Å². The molecule has 0 atom stereocenters. The number of hydrogen-bond donors (Lipinski definition) is 2. The summed E-state index contributed by atoms with van der Waals surface area (Å²) in [5.41, 5.74) is 2.33. The van der Waals surface area contributed by atoms with Crippen molar-refractivity contribution in [3.05, 3.63) is 59.1 Å². The van der Waals surface area contributed by atoms with Crippen molar-refractivity contribution in [1.29, 1.82) is 0 Å². The van der Waals surface area contributed by atoms with Crippen molar-refractivity contribution >= 4 is 34.8 Å². The second-order valence-corrected chi connectivity index (χ2v) is 7.25. The van der Waals surface area contributed by atoms with E-state index >= 15 is 0 Å². The fraction of sp³-hybridized carbons (Fsp3) is 0.333. The van der Waals surface area contributed by atoms with Gasteiger partial charge in [-0.1, -0.05) is 30.2 Å². The lowest BCUT2D eigenvalue weighted by molar-refractivity contribution is -0.117. The molecule has 27 heavy (non-hydrogen) atoms. The molecule has 0 aromatic heterocycles. The van der Waals surface area contributed by atoms with Gasteiger partial charge in [0.2, 0.25) is 11.8 Å². The van der Waals surface area contributed by atoms with Crippen LogP contribution in [0, 0.1) is 0 Å². The molecular weight excluding hydrogens is 362 g/mol. The molecule has 142 valence electrons. The predicted octanol–water partition coefficient (Wildman–Crippen LogP) is 3.95. The molecule has 2 amide bonds. The van der Waals surface area contributed by atoms with Crippen molar-refractivity contribution in [3.63, 3.8) is 0 Å². The largest absolute Gasteiger partial charge is 0.326 e. The smallest absolute Gasteiger partial charge is 0.238 e. The van der Waals surface area contributed by atoms with Gasteiger partial charge in [-0.2, -0.15) is 0 Å². The van der Waals surface area contributed by atoms with Crippen LogP contribution in [0.2, 0.25) is 5.02 Å². The minimum Gasteiger partial charge on any atom is -0.326 e. The predicted molar refractivity (Wildman–Crippen MR) is 109 cm³/mol. The van der Waals surface area contributed by atoms with E-state index in [9.17, 15) is 9.59 Å². The zero-order chi connectivity index (χ0) is 19.1. The minimum absolute atomic E-state index is 0.00331. The topological polar surface area (TPSA) is 61.4 Å². The Labute approximate surface area is 164 Å². The average Bonchev–Trinajstić information content (AvgIpc) is 2.66. The van der Waals surface area contributed by atoms with Crippen molar-refractivity contribution in [1.82, 2.24) is 4.90 Å². The Bertz CT molecular complexity index is 769. The molecule has 6 heteroatoms. The highest BCUT2D eigenvalue weighted by atomic mass is 35.5. The molecule has 2 aromatic carbocycles. The van der Waals surface area contributed by atoms with Gasteiger partial charge in [0.15, 0.2) is 0 Å². The standard InChI is InChI=1S/C21H24ClN3O2/c22-17-6-4-16(5-7-17)14-20(26)23-18-8-10-19(11-9-18)24-21(27)15-25-12-2-1-3-13-25/h4-11H,1-3,12-15H2,(H,23,26)(H,24,27). The van der Waals surface area contributed by atoms with Gasteiger partial charge in [0.1, 0.15) is 0 Å². The molecule has 1 heterocycles. The van der Waals surface area contributed by atoms with E-state index in [1.54, 1.807) is 36.4 Å². The van der Waals surface area contributed by atoms with E-state index in [1.165, 1.54) is 6.42 Å². The number of likely N-dealkylation sites (tertiary alicyclic amines) is 1. The molecule has 0 aliphatic carbocycles. The lowest BCUT2D eigenvalue weighted by atomic mass is 10.1. The Morgan fingerprint density at radius 1 is 0.815 bits per heavy atom. The van der Waals surface area contributed by atoms with Crippen LogP contribution in [0.4, 0.5) is 11.4 Å². The SMILES string of the molecule is O=C(Cc1ccc(Cl)cc1)Nc1ccc(NC(=O)CN2CCCCC2)cc1. The monoisotopic (exact) mass is 385 g/mol. The van der Waals surface area contributed by atoms with E-state index in [1.807, 2.05) is 12.1 Å². The minimum atomic E-state index is -0.0980. The molecule has 2 aromatic rings. The van der Waals surface area contributed by atoms with Gasteiger partial charge in [0, 0.05) is 16.4 Å². The van der Waals surface area contributed by atoms with E-state index < -0.39 is 0 Å². The summed E-state index contributed by atoms with van der Waals surface area (Å²) in [4.78, 5) is 26.5. The summed E-state index contributed by atoms with van der Waals surface area (Å²) in [5.74, 6) is -0.101. The average molecular weight is 386 g/mol. The van der Waals surface area contributed by atoms with Gasteiger partial charge in [0.05, 0.1) is 13.0 Å². The van der Waals surface area contributed by atoms with Crippen molar-refractivity contribution in [3.8, 4) is 0 Å². The summed E-state index contributed by atoms with van der Waals surface area (Å²) in [6, 6.07) is 14.4. The first-order chi connectivity index (χ1) is 13.1. The van der Waals surface area contributed by atoms with Gasteiger partial charge in [-0.25, -0.2) is 0 Å². The molecule has 0 unspecified atom stereocenters. The lowest BCUT2D eigenvalue weighted by Crippen LogP contribution is -2.36. The summed E-state index contributed by atoms with van der Waals surface area (Å²) in [6.45, 7) is 2.41. The molecule has 1 saturated heterocycles. The van der Waals surface area contributed by atoms with Gasteiger partial charge in [-0.3, -0.25) is 14.5 Å². The van der Waals surface area contributed by atoms with Gasteiger partial charge in [0.25, 0.3) is 0 Å². The molecule has 1 fully saturated rings. The Morgan fingerprint density at radius 2 is 1.37 bits per heavy atom. The zero-order valence-electron chi connectivity index (χ0n) is 15.2. The van der Waals surface area contributed by atoms with Crippen molar-refractivity contribution < 1.29 is 9.59 Å².